The van der Waals surface area contributed by atoms with E-state index in [-0.39, 0.29) is 31.1 Å². The number of ether oxygens (including phenoxy) is 2. The van der Waals surface area contributed by atoms with Crippen LogP contribution in [0.4, 0.5) is 20.6 Å². The van der Waals surface area contributed by atoms with Gasteiger partial charge in [0.05, 0.1) is 36.7 Å². The summed E-state index contributed by atoms with van der Waals surface area (Å²) in [6.07, 6.45) is 1.32. The van der Waals surface area contributed by atoms with Gasteiger partial charge in [-0.25, -0.2) is 9.18 Å². The maximum atomic E-state index is 14.7. The molecule has 0 N–H and O–H groups in total. The van der Waals surface area contributed by atoms with Crippen molar-refractivity contribution >= 4 is 17.5 Å². The van der Waals surface area contributed by atoms with Crippen molar-refractivity contribution in [2.24, 2.45) is 5.11 Å². The normalized spacial score (nSPS) is 28.0. The molecule has 1 aromatic rings. The van der Waals surface area contributed by atoms with Gasteiger partial charge >= 0.3 is 6.09 Å². The first-order valence-corrected chi connectivity index (χ1v) is 8.33. The second-order valence-corrected chi connectivity index (χ2v) is 6.53. The van der Waals surface area contributed by atoms with Crippen LogP contribution in [0.25, 0.3) is 10.4 Å². The molecule has 132 valence electrons. The molecular weight excluding hydrogens is 329 g/mol. The van der Waals surface area contributed by atoms with E-state index in [2.05, 4.69) is 10.0 Å². The Labute approximate surface area is 143 Å². The van der Waals surface area contributed by atoms with Gasteiger partial charge in [-0.1, -0.05) is 5.11 Å². The summed E-state index contributed by atoms with van der Waals surface area (Å²) in [7, 11) is 0. The molecule has 0 saturated carbocycles. The predicted octanol–water partition coefficient (Wildman–Crippen LogP) is 2.83. The van der Waals surface area contributed by atoms with Crippen molar-refractivity contribution in [3.63, 3.8) is 0 Å². The molecule has 3 atom stereocenters. The fourth-order valence-corrected chi connectivity index (χ4v) is 3.69. The first-order valence-electron chi connectivity index (χ1n) is 8.33. The molecule has 0 aromatic heterocycles. The average Bonchev–Trinajstić information content (AvgIpc) is 3.14. The van der Waals surface area contributed by atoms with Crippen molar-refractivity contribution in [3.8, 4) is 0 Å². The minimum absolute atomic E-state index is 0.0653. The summed E-state index contributed by atoms with van der Waals surface area (Å²) in [5.74, 6) is -0.370. The number of hydrogen-bond acceptors (Lipinski definition) is 5. The molecule has 25 heavy (non-hydrogen) atoms. The van der Waals surface area contributed by atoms with Crippen molar-refractivity contribution in [1.29, 1.82) is 0 Å². The molecule has 8 nitrogen and oxygen atoms in total. The number of fused-ring (bicyclic) bond motifs is 2. The van der Waals surface area contributed by atoms with Gasteiger partial charge in [-0.05, 0) is 36.6 Å². The van der Waals surface area contributed by atoms with Crippen LogP contribution < -0.4 is 9.80 Å². The Morgan fingerprint density at radius 3 is 2.72 bits per heavy atom. The highest BCUT2D eigenvalue weighted by Crippen LogP contribution is 2.33. The third-order valence-corrected chi connectivity index (χ3v) is 4.85. The van der Waals surface area contributed by atoms with Crippen molar-refractivity contribution in [1.82, 2.24) is 0 Å². The van der Waals surface area contributed by atoms with Crippen molar-refractivity contribution in [3.05, 3.63) is 34.5 Å². The van der Waals surface area contributed by atoms with Crippen LogP contribution in [0.3, 0.4) is 0 Å². The molecule has 1 aromatic carbocycles. The topological polar surface area (TPSA) is 90.8 Å². The largest absolute Gasteiger partial charge is 0.444 e. The number of amides is 1. The zero-order valence-electron chi connectivity index (χ0n) is 13.5. The summed E-state index contributed by atoms with van der Waals surface area (Å²) < 4.78 is 25.6. The van der Waals surface area contributed by atoms with Gasteiger partial charge in [0, 0.05) is 18.0 Å². The number of benzene rings is 1. The van der Waals surface area contributed by atoms with E-state index in [9.17, 15) is 9.18 Å². The van der Waals surface area contributed by atoms with E-state index in [0.29, 0.717) is 24.5 Å². The van der Waals surface area contributed by atoms with Crippen molar-refractivity contribution < 1.29 is 18.7 Å². The van der Waals surface area contributed by atoms with E-state index < -0.39 is 12.2 Å². The van der Waals surface area contributed by atoms with Gasteiger partial charge in [0.1, 0.15) is 11.9 Å². The first-order chi connectivity index (χ1) is 12.1. The molecule has 3 fully saturated rings. The van der Waals surface area contributed by atoms with Gasteiger partial charge in [0.2, 0.25) is 0 Å². The molecular formula is C16H18FN5O3. The average molecular weight is 347 g/mol. The number of halogens is 1. The Kier molecular flexibility index (Phi) is 4.10. The maximum Gasteiger partial charge on any atom is 0.414 e. The van der Waals surface area contributed by atoms with Crippen LogP contribution in [0.5, 0.6) is 0 Å². The van der Waals surface area contributed by atoms with Crippen molar-refractivity contribution in [2.45, 2.75) is 31.2 Å². The fourth-order valence-electron chi connectivity index (χ4n) is 3.69. The van der Waals surface area contributed by atoms with E-state index in [0.717, 1.165) is 12.8 Å². The lowest BCUT2D eigenvalue weighted by Gasteiger charge is -2.34. The molecule has 3 unspecified atom stereocenters. The van der Waals surface area contributed by atoms with Crippen molar-refractivity contribution in [2.75, 3.05) is 36.0 Å². The Hall–Kier alpha value is -2.51. The Morgan fingerprint density at radius 1 is 1.28 bits per heavy atom. The number of carbonyl (C=O) groups excluding carboxylic acids is 1. The third-order valence-electron chi connectivity index (χ3n) is 4.85. The number of morpholine rings is 1. The van der Waals surface area contributed by atoms with Gasteiger partial charge in [0.25, 0.3) is 0 Å². The van der Waals surface area contributed by atoms with Crippen LogP contribution in [0.2, 0.25) is 0 Å². The smallest absolute Gasteiger partial charge is 0.414 e. The SMILES string of the molecule is [N-]=[N+]=NCC1CN(c2ccc(N3CC4CCC(C3)O4)c(F)c2)C(=O)O1. The minimum Gasteiger partial charge on any atom is -0.444 e. The third kappa shape index (κ3) is 3.08. The number of carbonyl (C=O) groups is 1. The van der Waals surface area contributed by atoms with E-state index in [1.54, 1.807) is 12.1 Å². The standard InChI is InChI=1S/C16H18FN5O3/c17-14-5-10(22-9-13(6-19-20-18)25-16(22)23)1-4-15(14)21-7-11-2-3-12(8-21)24-11/h1,4-5,11-13H,2-3,6-9H2. The number of anilines is 2. The van der Waals surface area contributed by atoms with Crippen LogP contribution >= 0.6 is 0 Å². The number of azide groups is 1. The molecule has 0 radical (unpaired) electrons. The fraction of sp³-hybridized carbons (Fsp3) is 0.562. The number of rotatable bonds is 4. The lowest BCUT2D eigenvalue weighted by molar-refractivity contribution is 0.0303. The Bertz CT molecular complexity index is 726. The highest BCUT2D eigenvalue weighted by molar-refractivity contribution is 5.90. The summed E-state index contributed by atoms with van der Waals surface area (Å²) in [4.78, 5) is 18.0. The lowest BCUT2D eigenvalue weighted by atomic mass is 10.2. The van der Waals surface area contributed by atoms with Gasteiger partial charge in [0.15, 0.2) is 0 Å². The quantitative estimate of drug-likeness (QED) is 0.476. The van der Waals surface area contributed by atoms with Gasteiger partial charge < -0.3 is 14.4 Å². The van der Waals surface area contributed by atoms with Gasteiger partial charge in [-0.2, -0.15) is 0 Å². The van der Waals surface area contributed by atoms with E-state index in [1.807, 2.05) is 4.90 Å². The predicted molar refractivity (Wildman–Crippen MR) is 88.1 cm³/mol. The molecule has 1 amide bonds. The number of nitrogens with zero attached hydrogens (tertiary/aromatic N) is 5. The second-order valence-electron chi connectivity index (χ2n) is 6.53. The highest BCUT2D eigenvalue weighted by atomic mass is 19.1. The molecule has 9 heteroatoms. The lowest BCUT2D eigenvalue weighted by Crippen LogP contribution is -2.43. The number of cyclic esters (lactones) is 1. The van der Waals surface area contributed by atoms with E-state index in [1.165, 1.54) is 11.0 Å². The van der Waals surface area contributed by atoms with Crippen LogP contribution in [0, 0.1) is 5.82 Å². The monoisotopic (exact) mass is 347 g/mol. The zero-order chi connectivity index (χ0) is 17.4. The van der Waals surface area contributed by atoms with Crippen LogP contribution in [0.1, 0.15) is 12.8 Å². The summed E-state index contributed by atoms with van der Waals surface area (Å²) >= 11 is 0. The highest BCUT2D eigenvalue weighted by Gasteiger charge is 2.35. The molecule has 3 heterocycles. The summed E-state index contributed by atoms with van der Waals surface area (Å²) in [6.45, 7) is 1.67. The number of hydrogen-bond donors (Lipinski definition) is 0. The molecule has 3 aliphatic rings. The van der Waals surface area contributed by atoms with Gasteiger partial charge in [-0.15, -0.1) is 0 Å². The molecule has 3 saturated heterocycles. The maximum absolute atomic E-state index is 14.7. The summed E-state index contributed by atoms with van der Waals surface area (Å²) in [5, 5.41) is 3.41. The van der Waals surface area contributed by atoms with Crippen LogP contribution in [-0.2, 0) is 9.47 Å². The molecule has 4 rings (SSSR count). The Morgan fingerprint density at radius 2 is 2.04 bits per heavy atom. The minimum atomic E-state index is -0.560. The zero-order valence-corrected chi connectivity index (χ0v) is 13.5. The summed E-state index contributed by atoms with van der Waals surface area (Å²) in [5.41, 5.74) is 9.31. The van der Waals surface area contributed by atoms with Gasteiger partial charge in [-0.3, -0.25) is 4.90 Å². The van der Waals surface area contributed by atoms with Crippen LogP contribution in [-0.4, -0.2) is 50.6 Å². The van der Waals surface area contributed by atoms with E-state index >= 15 is 0 Å². The van der Waals surface area contributed by atoms with Crippen LogP contribution in [0.15, 0.2) is 23.3 Å². The first kappa shape index (κ1) is 16.0. The molecule has 0 spiro atoms. The molecule has 3 aliphatic heterocycles. The molecule has 0 aliphatic carbocycles. The summed E-state index contributed by atoms with van der Waals surface area (Å²) in [6, 6.07) is 4.76. The van der Waals surface area contributed by atoms with E-state index in [4.69, 9.17) is 15.0 Å². The Balaban J connectivity index is 1.50. The second kappa shape index (κ2) is 6.42. The molecule has 2 bridgehead atoms.